The van der Waals surface area contributed by atoms with Crippen molar-refractivity contribution in [3.63, 3.8) is 0 Å². The van der Waals surface area contributed by atoms with E-state index in [0.717, 1.165) is 63.9 Å². The molecule has 1 aromatic carbocycles. The first kappa shape index (κ1) is 20.3. The van der Waals surface area contributed by atoms with Crippen LogP contribution in [0.2, 0.25) is 0 Å². The molecule has 7 heteroatoms. The Kier molecular flexibility index (Phi) is 7.03. The van der Waals surface area contributed by atoms with Crippen LogP contribution < -0.4 is 10.6 Å². The topological polar surface area (TPSA) is 76.4 Å². The SMILES string of the molecule is CCc1nncn1CCNC(=NC)NCC1(c2ccccc2C)CCOCC1. The van der Waals surface area contributed by atoms with Gasteiger partial charge in [-0.2, -0.15) is 0 Å². The monoisotopic (exact) mass is 384 g/mol. The molecular formula is C21H32N6O. The van der Waals surface area contributed by atoms with Crippen LogP contribution in [-0.4, -0.2) is 54.1 Å². The van der Waals surface area contributed by atoms with E-state index >= 15 is 0 Å². The first-order chi connectivity index (χ1) is 13.7. The van der Waals surface area contributed by atoms with Crippen LogP contribution in [0, 0.1) is 6.92 Å². The Morgan fingerprint density at radius 1 is 1.25 bits per heavy atom. The Morgan fingerprint density at radius 2 is 2.04 bits per heavy atom. The summed E-state index contributed by atoms with van der Waals surface area (Å²) in [6.07, 6.45) is 4.70. The van der Waals surface area contributed by atoms with Crippen LogP contribution in [0.15, 0.2) is 35.6 Å². The smallest absolute Gasteiger partial charge is 0.191 e. The van der Waals surface area contributed by atoms with Crippen molar-refractivity contribution in [2.75, 3.05) is 33.4 Å². The summed E-state index contributed by atoms with van der Waals surface area (Å²) in [4.78, 5) is 4.40. The van der Waals surface area contributed by atoms with Crippen LogP contribution in [0.1, 0.15) is 36.7 Å². The maximum Gasteiger partial charge on any atom is 0.191 e. The summed E-state index contributed by atoms with van der Waals surface area (Å²) >= 11 is 0. The van der Waals surface area contributed by atoms with Gasteiger partial charge >= 0.3 is 0 Å². The van der Waals surface area contributed by atoms with Gasteiger partial charge in [0.05, 0.1) is 0 Å². The van der Waals surface area contributed by atoms with Crippen molar-refractivity contribution in [1.82, 2.24) is 25.4 Å². The molecule has 1 saturated heterocycles. The first-order valence-electron chi connectivity index (χ1n) is 10.1. The minimum Gasteiger partial charge on any atom is -0.381 e. The quantitative estimate of drug-likeness (QED) is 0.564. The van der Waals surface area contributed by atoms with Crippen molar-refractivity contribution >= 4 is 5.96 Å². The molecule has 1 aliphatic heterocycles. The fraction of sp³-hybridized carbons (Fsp3) is 0.571. The molecule has 2 aromatic rings. The molecule has 0 aliphatic carbocycles. The maximum absolute atomic E-state index is 5.66. The van der Waals surface area contributed by atoms with Gasteiger partial charge in [-0.25, -0.2) is 0 Å². The van der Waals surface area contributed by atoms with E-state index in [9.17, 15) is 0 Å². The molecule has 0 radical (unpaired) electrons. The van der Waals surface area contributed by atoms with E-state index in [1.54, 1.807) is 6.33 Å². The predicted molar refractivity (Wildman–Crippen MR) is 112 cm³/mol. The lowest BCUT2D eigenvalue weighted by atomic mass is 9.72. The summed E-state index contributed by atoms with van der Waals surface area (Å²) in [6.45, 7) is 8.31. The van der Waals surface area contributed by atoms with Crippen LogP contribution in [0.3, 0.4) is 0 Å². The Morgan fingerprint density at radius 3 is 2.75 bits per heavy atom. The van der Waals surface area contributed by atoms with Gasteiger partial charge in [0.15, 0.2) is 5.96 Å². The normalized spacial score (nSPS) is 16.8. The van der Waals surface area contributed by atoms with E-state index < -0.39 is 0 Å². The number of aromatic nitrogens is 3. The van der Waals surface area contributed by atoms with Gasteiger partial charge in [0.2, 0.25) is 0 Å². The van der Waals surface area contributed by atoms with Gasteiger partial charge in [0.1, 0.15) is 12.2 Å². The molecule has 0 bridgehead atoms. The van der Waals surface area contributed by atoms with Gasteiger partial charge in [-0.15, -0.1) is 10.2 Å². The van der Waals surface area contributed by atoms with Gasteiger partial charge in [-0.3, -0.25) is 4.99 Å². The highest BCUT2D eigenvalue weighted by Gasteiger charge is 2.35. The highest BCUT2D eigenvalue weighted by atomic mass is 16.5. The molecule has 1 aromatic heterocycles. The number of aryl methyl sites for hydroxylation is 2. The predicted octanol–water partition coefficient (Wildman–Crippen LogP) is 2.06. The van der Waals surface area contributed by atoms with Gasteiger partial charge in [0.25, 0.3) is 0 Å². The fourth-order valence-corrected chi connectivity index (χ4v) is 3.98. The van der Waals surface area contributed by atoms with Gasteiger partial charge < -0.3 is 19.9 Å². The zero-order valence-corrected chi connectivity index (χ0v) is 17.2. The van der Waals surface area contributed by atoms with Crippen LogP contribution in [0.5, 0.6) is 0 Å². The summed E-state index contributed by atoms with van der Waals surface area (Å²) < 4.78 is 7.74. The van der Waals surface area contributed by atoms with Crippen LogP contribution in [0.4, 0.5) is 0 Å². The molecule has 28 heavy (non-hydrogen) atoms. The second kappa shape index (κ2) is 9.68. The molecule has 2 N–H and O–H groups in total. The average Bonchev–Trinajstić information content (AvgIpc) is 3.19. The highest BCUT2D eigenvalue weighted by Crippen LogP contribution is 2.36. The van der Waals surface area contributed by atoms with E-state index in [4.69, 9.17) is 4.74 Å². The lowest BCUT2D eigenvalue weighted by molar-refractivity contribution is 0.0512. The van der Waals surface area contributed by atoms with E-state index in [1.807, 2.05) is 7.05 Å². The number of hydrogen-bond donors (Lipinski definition) is 2. The Hall–Kier alpha value is -2.41. The van der Waals surface area contributed by atoms with Crippen LogP contribution in [0.25, 0.3) is 0 Å². The molecule has 2 heterocycles. The lowest BCUT2D eigenvalue weighted by Crippen LogP contribution is -2.48. The lowest BCUT2D eigenvalue weighted by Gasteiger charge is -2.39. The third-order valence-corrected chi connectivity index (χ3v) is 5.64. The van der Waals surface area contributed by atoms with Gasteiger partial charge in [-0.1, -0.05) is 31.2 Å². The molecular weight excluding hydrogens is 352 g/mol. The second-order valence-corrected chi connectivity index (χ2v) is 7.35. The molecule has 3 rings (SSSR count). The van der Waals surface area contributed by atoms with Crippen molar-refractivity contribution in [2.45, 2.75) is 45.1 Å². The molecule has 1 aliphatic rings. The summed E-state index contributed by atoms with van der Waals surface area (Å²) in [6, 6.07) is 8.70. The fourth-order valence-electron chi connectivity index (χ4n) is 3.98. The van der Waals surface area contributed by atoms with E-state index in [-0.39, 0.29) is 5.41 Å². The molecule has 1 fully saturated rings. The number of hydrogen-bond acceptors (Lipinski definition) is 4. The number of guanidine groups is 1. The largest absolute Gasteiger partial charge is 0.381 e. The minimum atomic E-state index is 0.0743. The van der Waals surface area contributed by atoms with E-state index in [2.05, 4.69) is 68.5 Å². The van der Waals surface area contributed by atoms with Crippen molar-refractivity contribution in [3.8, 4) is 0 Å². The van der Waals surface area contributed by atoms with Gasteiger partial charge in [-0.05, 0) is 30.9 Å². The molecule has 7 nitrogen and oxygen atoms in total. The number of nitrogens with zero attached hydrogens (tertiary/aromatic N) is 4. The van der Waals surface area contributed by atoms with Gasteiger partial charge in [0, 0.05) is 51.7 Å². The van der Waals surface area contributed by atoms with Crippen LogP contribution >= 0.6 is 0 Å². The highest BCUT2D eigenvalue weighted by molar-refractivity contribution is 5.79. The first-order valence-corrected chi connectivity index (χ1v) is 10.1. The molecule has 0 atom stereocenters. The number of aliphatic imine (C=N–C) groups is 1. The van der Waals surface area contributed by atoms with E-state index in [1.165, 1.54) is 11.1 Å². The Labute approximate surface area is 167 Å². The summed E-state index contributed by atoms with van der Waals surface area (Å²) in [5, 5.41) is 15.1. The third kappa shape index (κ3) is 4.70. The Balaban J connectivity index is 1.61. The van der Waals surface area contributed by atoms with Crippen molar-refractivity contribution in [3.05, 3.63) is 47.5 Å². The van der Waals surface area contributed by atoms with Crippen molar-refractivity contribution in [2.24, 2.45) is 4.99 Å². The molecule has 0 spiro atoms. The average molecular weight is 385 g/mol. The van der Waals surface area contributed by atoms with Crippen molar-refractivity contribution in [1.29, 1.82) is 0 Å². The Bertz CT molecular complexity index is 779. The number of nitrogens with one attached hydrogen (secondary N) is 2. The number of benzene rings is 1. The minimum absolute atomic E-state index is 0.0743. The molecule has 0 amide bonds. The molecule has 0 saturated carbocycles. The summed E-state index contributed by atoms with van der Waals surface area (Å²) in [7, 11) is 1.82. The van der Waals surface area contributed by atoms with Crippen LogP contribution in [-0.2, 0) is 23.1 Å². The van der Waals surface area contributed by atoms with E-state index in [0.29, 0.717) is 0 Å². The molecule has 152 valence electrons. The third-order valence-electron chi connectivity index (χ3n) is 5.64. The second-order valence-electron chi connectivity index (χ2n) is 7.35. The zero-order chi connectivity index (χ0) is 19.8. The molecule has 0 unspecified atom stereocenters. The van der Waals surface area contributed by atoms with Crippen molar-refractivity contribution < 1.29 is 4.74 Å². The summed E-state index contributed by atoms with van der Waals surface area (Å²) in [5.74, 6) is 1.83. The summed E-state index contributed by atoms with van der Waals surface area (Å²) in [5.41, 5.74) is 2.83. The number of rotatable bonds is 7. The number of ether oxygens (including phenoxy) is 1. The zero-order valence-electron chi connectivity index (χ0n) is 17.2. The standard InChI is InChI=1S/C21H32N6O/c1-4-19-26-25-16-27(19)12-11-23-20(22-3)24-15-21(9-13-28-14-10-21)18-8-6-5-7-17(18)2/h5-8,16H,4,9-15H2,1-3H3,(H2,22,23,24). The maximum atomic E-state index is 5.66.